The zero-order chi connectivity index (χ0) is 15.1. The Morgan fingerprint density at radius 3 is 1.10 bits per heavy atom. The van der Waals surface area contributed by atoms with Crippen LogP contribution in [0.4, 0.5) is 0 Å². The van der Waals surface area contributed by atoms with Crippen molar-refractivity contribution in [3.05, 3.63) is 11.1 Å². The van der Waals surface area contributed by atoms with Gasteiger partial charge in [0.15, 0.2) is 0 Å². The summed E-state index contributed by atoms with van der Waals surface area (Å²) < 4.78 is 0. The molecule has 0 saturated carbocycles. The Morgan fingerprint density at radius 1 is 0.450 bits per heavy atom. The fourth-order valence-corrected chi connectivity index (χ4v) is 2.77. The molecule has 0 atom stereocenters. The van der Waals surface area contributed by atoms with Crippen LogP contribution in [0.25, 0.3) is 0 Å². The van der Waals surface area contributed by atoms with E-state index in [2.05, 4.69) is 27.7 Å². The number of unbranched alkanes of at least 4 members (excludes halogenated alkanes) is 10. The molecule has 0 nitrogen and oxygen atoms in total. The normalized spacial score (nSPS) is 12.6. The predicted molar refractivity (Wildman–Crippen MR) is 94.4 cm³/mol. The van der Waals surface area contributed by atoms with Crippen molar-refractivity contribution in [1.29, 1.82) is 0 Å². The van der Waals surface area contributed by atoms with Gasteiger partial charge in [-0.05, 0) is 39.5 Å². The van der Waals surface area contributed by atoms with E-state index < -0.39 is 0 Å². The molecule has 0 heterocycles. The molecule has 0 fully saturated rings. The van der Waals surface area contributed by atoms with Crippen LogP contribution in [-0.2, 0) is 0 Å². The summed E-state index contributed by atoms with van der Waals surface area (Å²) >= 11 is 0. The van der Waals surface area contributed by atoms with Crippen molar-refractivity contribution in [3.63, 3.8) is 0 Å². The van der Waals surface area contributed by atoms with Crippen molar-refractivity contribution in [3.8, 4) is 0 Å². The first-order valence-electron chi connectivity index (χ1n) is 9.37. The van der Waals surface area contributed by atoms with E-state index in [9.17, 15) is 0 Å². The number of rotatable bonds is 14. The van der Waals surface area contributed by atoms with Gasteiger partial charge >= 0.3 is 0 Å². The summed E-state index contributed by atoms with van der Waals surface area (Å²) in [5.74, 6) is 0. The monoisotopic (exact) mass is 280 g/mol. The van der Waals surface area contributed by atoms with Crippen LogP contribution in [-0.4, -0.2) is 0 Å². The van der Waals surface area contributed by atoms with Crippen molar-refractivity contribution in [2.45, 2.75) is 118 Å². The third kappa shape index (κ3) is 12.8. The molecule has 0 aromatic carbocycles. The third-order valence-corrected chi connectivity index (χ3v) is 4.54. The molecule has 0 aliphatic heterocycles. The standard InChI is InChI=1S/C20H40/c1-5-7-9-11-13-15-17-19(3)20(4)18-16-14-12-10-8-6-2/h5-18H2,1-4H3. The molecule has 120 valence electrons. The Bertz CT molecular complexity index is 200. The Balaban J connectivity index is 3.52. The first-order chi connectivity index (χ1) is 9.72. The molecule has 0 bridgehead atoms. The fourth-order valence-electron chi connectivity index (χ4n) is 2.77. The van der Waals surface area contributed by atoms with Gasteiger partial charge in [-0.3, -0.25) is 0 Å². The summed E-state index contributed by atoms with van der Waals surface area (Å²) in [5.41, 5.74) is 3.35. The molecule has 0 aliphatic rings. The average Bonchev–Trinajstić information content (AvgIpc) is 2.45. The van der Waals surface area contributed by atoms with E-state index in [0.29, 0.717) is 0 Å². The highest BCUT2D eigenvalue weighted by Crippen LogP contribution is 2.19. The van der Waals surface area contributed by atoms with Crippen molar-refractivity contribution in [2.24, 2.45) is 0 Å². The Hall–Kier alpha value is -0.260. The summed E-state index contributed by atoms with van der Waals surface area (Å²) in [6.07, 6.45) is 19.7. The molecule has 0 rings (SSSR count). The van der Waals surface area contributed by atoms with E-state index in [1.807, 2.05) is 0 Å². The lowest BCUT2D eigenvalue weighted by atomic mass is 9.98. The van der Waals surface area contributed by atoms with E-state index in [0.717, 1.165) is 0 Å². The second-order valence-corrected chi connectivity index (χ2v) is 6.60. The minimum Gasteiger partial charge on any atom is -0.0744 e. The van der Waals surface area contributed by atoms with Crippen molar-refractivity contribution in [1.82, 2.24) is 0 Å². The van der Waals surface area contributed by atoms with Gasteiger partial charge in [-0.15, -0.1) is 0 Å². The molecule has 0 heteroatoms. The summed E-state index contributed by atoms with van der Waals surface area (Å²) in [5, 5.41) is 0. The molecule has 0 N–H and O–H groups in total. The van der Waals surface area contributed by atoms with Crippen LogP contribution in [0.1, 0.15) is 118 Å². The number of hydrogen-bond donors (Lipinski definition) is 0. The second kappa shape index (κ2) is 15.1. The van der Waals surface area contributed by atoms with Crippen molar-refractivity contribution < 1.29 is 0 Å². The van der Waals surface area contributed by atoms with E-state index in [1.54, 1.807) is 11.1 Å². The van der Waals surface area contributed by atoms with Gasteiger partial charge in [-0.1, -0.05) is 89.2 Å². The smallest absolute Gasteiger partial charge is 0.0320 e. The van der Waals surface area contributed by atoms with Crippen LogP contribution in [0, 0.1) is 0 Å². The third-order valence-electron chi connectivity index (χ3n) is 4.54. The lowest BCUT2D eigenvalue weighted by molar-refractivity contribution is 0.597. The lowest BCUT2D eigenvalue weighted by Crippen LogP contribution is -1.88. The zero-order valence-electron chi connectivity index (χ0n) is 14.9. The number of allylic oxidation sites excluding steroid dienone is 2. The van der Waals surface area contributed by atoms with E-state index >= 15 is 0 Å². The summed E-state index contributed by atoms with van der Waals surface area (Å²) in [7, 11) is 0. The SMILES string of the molecule is CCCCCCCCC(C)=C(C)CCCCCCCC. The van der Waals surface area contributed by atoms with Crippen LogP contribution in [0.5, 0.6) is 0 Å². The minimum atomic E-state index is 1.34. The van der Waals surface area contributed by atoms with E-state index in [-0.39, 0.29) is 0 Å². The maximum absolute atomic E-state index is 2.36. The predicted octanol–water partition coefficient (Wildman–Crippen LogP) is 7.82. The van der Waals surface area contributed by atoms with Gasteiger partial charge in [0, 0.05) is 0 Å². The van der Waals surface area contributed by atoms with Gasteiger partial charge in [-0.2, -0.15) is 0 Å². The molecule has 0 aromatic heterocycles. The molecule has 0 unspecified atom stereocenters. The van der Waals surface area contributed by atoms with Gasteiger partial charge in [0.2, 0.25) is 0 Å². The number of hydrogen-bond acceptors (Lipinski definition) is 0. The molecule has 0 aliphatic carbocycles. The highest BCUT2D eigenvalue weighted by Gasteiger charge is 1.99. The lowest BCUT2D eigenvalue weighted by Gasteiger charge is -2.08. The van der Waals surface area contributed by atoms with Gasteiger partial charge in [0.1, 0.15) is 0 Å². The van der Waals surface area contributed by atoms with Gasteiger partial charge in [-0.25, -0.2) is 0 Å². The molecule has 0 amide bonds. The molecule has 0 radical (unpaired) electrons. The molecular formula is C20H40. The van der Waals surface area contributed by atoms with E-state index in [4.69, 9.17) is 0 Å². The summed E-state index contributed by atoms with van der Waals surface area (Å²) in [6, 6.07) is 0. The Kier molecular flexibility index (Phi) is 14.9. The van der Waals surface area contributed by atoms with Gasteiger partial charge in [0.05, 0.1) is 0 Å². The summed E-state index contributed by atoms with van der Waals surface area (Å²) in [4.78, 5) is 0. The zero-order valence-corrected chi connectivity index (χ0v) is 14.9. The molecular weight excluding hydrogens is 240 g/mol. The van der Waals surface area contributed by atoms with E-state index in [1.165, 1.54) is 89.9 Å². The first kappa shape index (κ1) is 19.7. The Labute approximate surface area is 129 Å². The second-order valence-electron chi connectivity index (χ2n) is 6.60. The molecule has 0 spiro atoms. The van der Waals surface area contributed by atoms with Gasteiger partial charge in [0.25, 0.3) is 0 Å². The van der Waals surface area contributed by atoms with Gasteiger partial charge < -0.3 is 0 Å². The maximum Gasteiger partial charge on any atom is -0.0320 e. The fraction of sp³-hybridized carbons (Fsp3) is 0.900. The van der Waals surface area contributed by atoms with Crippen LogP contribution in [0.2, 0.25) is 0 Å². The highest BCUT2D eigenvalue weighted by atomic mass is 14.1. The quantitative estimate of drug-likeness (QED) is 0.225. The Morgan fingerprint density at radius 2 is 0.750 bits per heavy atom. The minimum absolute atomic E-state index is 1.34. The topological polar surface area (TPSA) is 0 Å². The molecule has 20 heavy (non-hydrogen) atoms. The van der Waals surface area contributed by atoms with Crippen LogP contribution in [0.15, 0.2) is 11.1 Å². The molecule has 0 saturated heterocycles. The average molecular weight is 281 g/mol. The molecule has 0 aromatic rings. The van der Waals surface area contributed by atoms with Crippen LogP contribution in [0.3, 0.4) is 0 Å². The van der Waals surface area contributed by atoms with Crippen LogP contribution < -0.4 is 0 Å². The maximum atomic E-state index is 2.36. The van der Waals surface area contributed by atoms with Crippen molar-refractivity contribution in [2.75, 3.05) is 0 Å². The first-order valence-corrected chi connectivity index (χ1v) is 9.37. The summed E-state index contributed by atoms with van der Waals surface area (Å²) in [6.45, 7) is 9.30. The highest BCUT2D eigenvalue weighted by molar-refractivity contribution is 5.09. The van der Waals surface area contributed by atoms with Crippen molar-refractivity contribution >= 4 is 0 Å². The largest absolute Gasteiger partial charge is 0.0744 e. The van der Waals surface area contributed by atoms with Crippen LogP contribution >= 0.6 is 0 Å².